The van der Waals surface area contributed by atoms with Crippen molar-refractivity contribution in [2.45, 2.75) is 30.6 Å². The summed E-state index contributed by atoms with van der Waals surface area (Å²) in [6, 6.07) is 7.60. The van der Waals surface area contributed by atoms with E-state index < -0.39 is 11.7 Å². The molecule has 2 bridgehead atoms. The van der Waals surface area contributed by atoms with Crippen LogP contribution in [0.25, 0.3) is 10.9 Å². The number of aliphatic hydroxyl groups excluding tert-OH is 1. The van der Waals surface area contributed by atoms with Crippen LogP contribution in [0.4, 0.5) is 0 Å². The molecule has 2 N–H and O–H groups in total. The number of fused-ring (bicyclic) bond motifs is 4. The van der Waals surface area contributed by atoms with E-state index >= 15 is 0 Å². The summed E-state index contributed by atoms with van der Waals surface area (Å²) in [6.45, 7) is 5.24. The minimum atomic E-state index is -0.835. The molecule has 3 aliphatic heterocycles. The third-order valence-corrected chi connectivity index (χ3v) is 5.94. The quantitative estimate of drug-likeness (QED) is 0.836. The van der Waals surface area contributed by atoms with Gasteiger partial charge in [-0.2, -0.15) is 0 Å². The van der Waals surface area contributed by atoms with Gasteiger partial charge >= 0.3 is 0 Å². The predicted octanol–water partition coefficient (Wildman–Crippen LogP) is 2.29. The van der Waals surface area contributed by atoms with Gasteiger partial charge in [0.25, 0.3) is 0 Å². The molecule has 3 aliphatic rings. The lowest BCUT2D eigenvalue weighted by Gasteiger charge is -2.54. The van der Waals surface area contributed by atoms with Crippen molar-refractivity contribution >= 4 is 10.9 Å². The van der Waals surface area contributed by atoms with Crippen molar-refractivity contribution in [1.82, 2.24) is 9.88 Å². The second kappa shape index (κ2) is 6.09. The number of rotatable bonds is 4. The molecule has 0 aliphatic carbocycles. The van der Waals surface area contributed by atoms with Crippen LogP contribution in [0.1, 0.15) is 24.5 Å². The normalized spacial score (nSPS) is 32.5. The summed E-state index contributed by atoms with van der Waals surface area (Å²) >= 11 is 0. The molecule has 132 valence electrons. The minimum Gasteiger partial charge on any atom is -0.497 e. The van der Waals surface area contributed by atoms with Crippen LogP contribution in [-0.2, 0) is 0 Å². The number of nitrogens with zero attached hydrogens (tertiary/aromatic N) is 2. The fourth-order valence-corrected chi connectivity index (χ4v) is 4.45. The maximum atomic E-state index is 11.2. The fraction of sp³-hybridized carbons (Fsp3) is 0.450. The van der Waals surface area contributed by atoms with Gasteiger partial charge in [0.2, 0.25) is 0 Å². The molecule has 5 atom stereocenters. The van der Waals surface area contributed by atoms with Gasteiger partial charge < -0.3 is 14.9 Å². The van der Waals surface area contributed by atoms with Crippen LogP contribution in [-0.4, -0.2) is 51.9 Å². The van der Waals surface area contributed by atoms with Crippen LogP contribution in [0.3, 0.4) is 0 Å². The van der Waals surface area contributed by atoms with E-state index in [1.807, 2.05) is 24.3 Å². The van der Waals surface area contributed by atoms with Gasteiger partial charge in [-0.15, -0.1) is 6.58 Å². The first-order valence-corrected chi connectivity index (χ1v) is 8.76. The van der Waals surface area contributed by atoms with Crippen LogP contribution < -0.4 is 4.74 Å². The monoisotopic (exact) mass is 340 g/mol. The molecule has 3 saturated heterocycles. The summed E-state index contributed by atoms with van der Waals surface area (Å²) in [5, 5.41) is 22.8. The number of hydrogen-bond acceptors (Lipinski definition) is 5. The molecule has 4 heterocycles. The average Bonchev–Trinajstić information content (AvgIpc) is 2.66. The molecule has 5 heteroatoms. The Morgan fingerprint density at radius 3 is 2.96 bits per heavy atom. The highest BCUT2D eigenvalue weighted by atomic mass is 16.5. The molecular weight excluding hydrogens is 316 g/mol. The van der Waals surface area contributed by atoms with Crippen LogP contribution in [0, 0.1) is 5.92 Å². The summed E-state index contributed by atoms with van der Waals surface area (Å²) in [4.78, 5) is 6.59. The zero-order valence-corrected chi connectivity index (χ0v) is 14.4. The maximum absolute atomic E-state index is 11.2. The average molecular weight is 340 g/mol. The number of aromatic nitrogens is 1. The highest BCUT2D eigenvalue weighted by molar-refractivity contribution is 5.83. The zero-order valence-electron chi connectivity index (χ0n) is 14.4. The second-order valence-electron chi connectivity index (χ2n) is 7.18. The largest absolute Gasteiger partial charge is 0.497 e. The van der Waals surface area contributed by atoms with E-state index in [1.54, 1.807) is 19.4 Å². The number of pyridine rings is 1. The number of ether oxygens (including phenoxy) is 1. The first kappa shape index (κ1) is 16.5. The highest BCUT2D eigenvalue weighted by Crippen LogP contribution is 2.44. The fourth-order valence-electron chi connectivity index (χ4n) is 4.45. The van der Waals surface area contributed by atoms with Gasteiger partial charge in [-0.1, -0.05) is 6.08 Å². The first-order valence-electron chi connectivity index (χ1n) is 8.76. The van der Waals surface area contributed by atoms with E-state index in [9.17, 15) is 10.2 Å². The SMILES string of the molecule is C=CC1(O)CN2CCC1C[C@H]2[C@H](O)c1ccnc2ccc(OC)cc12. The van der Waals surface area contributed by atoms with Crippen molar-refractivity contribution in [2.75, 3.05) is 20.2 Å². The molecular formula is C20H24N2O3. The van der Waals surface area contributed by atoms with Crippen molar-refractivity contribution in [1.29, 1.82) is 0 Å². The predicted molar refractivity (Wildman–Crippen MR) is 96.5 cm³/mol. The lowest BCUT2D eigenvalue weighted by Crippen LogP contribution is -2.63. The molecule has 0 saturated carbocycles. The van der Waals surface area contributed by atoms with Crippen molar-refractivity contribution in [3.8, 4) is 5.75 Å². The van der Waals surface area contributed by atoms with E-state index in [1.165, 1.54) is 0 Å². The van der Waals surface area contributed by atoms with Gasteiger partial charge in [0.15, 0.2) is 0 Å². The Kier molecular flexibility index (Phi) is 4.02. The van der Waals surface area contributed by atoms with Crippen molar-refractivity contribution in [3.63, 3.8) is 0 Å². The summed E-state index contributed by atoms with van der Waals surface area (Å²) in [7, 11) is 1.63. The van der Waals surface area contributed by atoms with E-state index in [0.29, 0.717) is 6.54 Å². The topological polar surface area (TPSA) is 65.8 Å². The summed E-state index contributed by atoms with van der Waals surface area (Å²) in [6.07, 6.45) is 4.48. The van der Waals surface area contributed by atoms with Gasteiger partial charge in [-0.05, 0) is 55.1 Å². The minimum absolute atomic E-state index is 0.00391. The maximum Gasteiger partial charge on any atom is 0.119 e. The van der Waals surface area contributed by atoms with E-state index in [0.717, 1.165) is 41.6 Å². The Morgan fingerprint density at radius 2 is 2.28 bits per heavy atom. The lowest BCUT2D eigenvalue weighted by atomic mass is 9.71. The van der Waals surface area contributed by atoms with Crippen molar-refractivity contribution < 1.29 is 14.9 Å². The smallest absolute Gasteiger partial charge is 0.119 e. The summed E-state index contributed by atoms with van der Waals surface area (Å²) < 4.78 is 5.33. The Labute approximate surface area is 147 Å². The summed E-state index contributed by atoms with van der Waals surface area (Å²) in [5.74, 6) is 0.901. The number of methoxy groups -OCH3 is 1. The molecule has 25 heavy (non-hydrogen) atoms. The number of aliphatic hydroxyl groups is 2. The van der Waals surface area contributed by atoms with Crippen molar-refractivity contribution in [2.24, 2.45) is 5.92 Å². The number of hydrogen-bond donors (Lipinski definition) is 2. The molecule has 1 aromatic carbocycles. The lowest BCUT2D eigenvalue weighted by molar-refractivity contribution is -0.127. The van der Waals surface area contributed by atoms with E-state index in [-0.39, 0.29) is 12.0 Å². The standard InChI is InChI=1S/C20H24N2O3/c1-3-20(24)12-22-9-7-13(20)10-18(22)19(23)15-6-8-21-17-5-4-14(25-2)11-16(15)17/h3-6,8,11,13,18-19,23-24H,1,7,9-10,12H2,2H3/t13?,18-,19+,20?/m0/s1. The molecule has 5 nitrogen and oxygen atoms in total. The Morgan fingerprint density at radius 1 is 1.44 bits per heavy atom. The van der Waals surface area contributed by atoms with Gasteiger partial charge in [0.05, 0.1) is 24.3 Å². The summed E-state index contributed by atoms with van der Waals surface area (Å²) in [5.41, 5.74) is 0.873. The van der Waals surface area contributed by atoms with Crippen LogP contribution in [0.15, 0.2) is 43.1 Å². The van der Waals surface area contributed by atoms with Gasteiger partial charge in [0, 0.05) is 24.2 Å². The number of benzene rings is 1. The molecule has 5 rings (SSSR count). The third-order valence-electron chi connectivity index (χ3n) is 5.94. The van der Waals surface area contributed by atoms with Crippen LogP contribution in [0.5, 0.6) is 5.75 Å². The van der Waals surface area contributed by atoms with Gasteiger partial charge in [0.1, 0.15) is 5.75 Å². The van der Waals surface area contributed by atoms with Crippen LogP contribution in [0.2, 0.25) is 0 Å². The molecule has 0 radical (unpaired) electrons. The zero-order chi connectivity index (χ0) is 17.6. The molecule has 3 unspecified atom stereocenters. The van der Waals surface area contributed by atoms with E-state index in [4.69, 9.17) is 4.74 Å². The highest BCUT2D eigenvalue weighted by Gasteiger charge is 2.49. The molecule has 0 amide bonds. The van der Waals surface area contributed by atoms with Gasteiger partial charge in [-0.25, -0.2) is 0 Å². The van der Waals surface area contributed by atoms with Crippen LogP contribution >= 0.6 is 0 Å². The molecule has 1 aromatic heterocycles. The van der Waals surface area contributed by atoms with Gasteiger partial charge in [-0.3, -0.25) is 9.88 Å². The second-order valence-corrected chi connectivity index (χ2v) is 7.18. The molecule has 0 spiro atoms. The first-order chi connectivity index (χ1) is 12.1. The number of piperidine rings is 3. The Hall–Kier alpha value is -1.95. The Bertz CT molecular complexity index is 809. The Balaban J connectivity index is 1.69. The van der Waals surface area contributed by atoms with Crippen molar-refractivity contribution in [3.05, 3.63) is 48.7 Å². The molecule has 3 fully saturated rings. The molecule has 2 aromatic rings. The van der Waals surface area contributed by atoms with E-state index in [2.05, 4.69) is 16.5 Å². The third kappa shape index (κ3) is 2.63.